The molecule has 1 aliphatic rings. The molecule has 0 heterocycles. The number of ether oxygens (including phenoxy) is 2. The molecule has 0 N–H and O–H groups in total. The Labute approximate surface area is 173 Å². The molecule has 4 heteroatoms. The van der Waals surface area contributed by atoms with Gasteiger partial charge in [0.05, 0.1) is 0 Å². The molecular formula is C24H44O4. The third-order valence-electron chi connectivity index (χ3n) is 5.50. The number of rotatable bonds is 14. The average molecular weight is 397 g/mol. The van der Waals surface area contributed by atoms with Crippen molar-refractivity contribution >= 4 is 11.9 Å². The molecule has 28 heavy (non-hydrogen) atoms. The van der Waals surface area contributed by atoms with E-state index >= 15 is 0 Å². The summed E-state index contributed by atoms with van der Waals surface area (Å²) in [7, 11) is 0. The monoisotopic (exact) mass is 396 g/mol. The minimum atomic E-state index is -0.0910. The molecule has 2 atom stereocenters. The Kier molecular flexibility index (Phi) is 13.3. The van der Waals surface area contributed by atoms with Crippen molar-refractivity contribution < 1.29 is 19.1 Å². The van der Waals surface area contributed by atoms with Crippen molar-refractivity contribution in [2.24, 2.45) is 11.8 Å². The molecule has 0 aliphatic heterocycles. The Morgan fingerprint density at radius 3 is 1.54 bits per heavy atom. The van der Waals surface area contributed by atoms with Gasteiger partial charge >= 0.3 is 11.9 Å². The maximum atomic E-state index is 12.1. The van der Waals surface area contributed by atoms with E-state index in [1.807, 2.05) is 0 Å². The molecule has 4 nitrogen and oxygen atoms in total. The summed E-state index contributed by atoms with van der Waals surface area (Å²) in [5.41, 5.74) is 0. The maximum Gasteiger partial charge on any atom is 0.306 e. The van der Waals surface area contributed by atoms with E-state index in [0.29, 0.717) is 19.3 Å². The first-order valence-corrected chi connectivity index (χ1v) is 11.8. The van der Waals surface area contributed by atoms with E-state index in [0.717, 1.165) is 56.8 Å². The summed E-state index contributed by atoms with van der Waals surface area (Å²) in [6, 6.07) is 0. The number of carbonyl (C=O) groups is 2. The second-order valence-electron chi connectivity index (χ2n) is 9.38. The largest absolute Gasteiger partial charge is 0.462 e. The van der Waals surface area contributed by atoms with Crippen LogP contribution < -0.4 is 0 Å². The molecule has 1 aliphatic carbocycles. The number of unbranched alkanes of at least 4 members (excludes halogenated alkanes) is 4. The van der Waals surface area contributed by atoms with E-state index < -0.39 is 0 Å². The van der Waals surface area contributed by atoms with Crippen molar-refractivity contribution in [3.8, 4) is 0 Å². The van der Waals surface area contributed by atoms with Crippen molar-refractivity contribution in [1.29, 1.82) is 0 Å². The van der Waals surface area contributed by atoms with E-state index in [4.69, 9.17) is 9.47 Å². The zero-order valence-corrected chi connectivity index (χ0v) is 18.8. The van der Waals surface area contributed by atoms with Crippen LogP contribution in [0.2, 0.25) is 0 Å². The molecule has 1 rings (SSSR count). The smallest absolute Gasteiger partial charge is 0.306 e. The minimum Gasteiger partial charge on any atom is -0.462 e. The fourth-order valence-corrected chi connectivity index (χ4v) is 3.80. The van der Waals surface area contributed by atoms with Crippen molar-refractivity contribution in [3.05, 3.63) is 0 Å². The molecule has 0 saturated heterocycles. The van der Waals surface area contributed by atoms with Gasteiger partial charge in [-0.1, -0.05) is 66.2 Å². The summed E-state index contributed by atoms with van der Waals surface area (Å²) >= 11 is 0. The van der Waals surface area contributed by atoms with Crippen molar-refractivity contribution in [1.82, 2.24) is 0 Å². The number of hydrogen-bond acceptors (Lipinski definition) is 4. The van der Waals surface area contributed by atoms with Crippen LogP contribution in [0.1, 0.15) is 118 Å². The highest BCUT2D eigenvalue weighted by Crippen LogP contribution is 2.25. The van der Waals surface area contributed by atoms with E-state index in [1.54, 1.807) is 0 Å². The molecule has 0 aromatic rings. The van der Waals surface area contributed by atoms with Crippen molar-refractivity contribution in [2.45, 2.75) is 130 Å². The van der Waals surface area contributed by atoms with E-state index in [-0.39, 0.29) is 24.1 Å². The van der Waals surface area contributed by atoms with Crippen LogP contribution in [0.5, 0.6) is 0 Å². The first-order valence-electron chi connectivity index (χ1n) is 11.8. The summed E-state index contributed by atoms with van der Waals surface area (Å²) in [6.07, 6.45) is 13.1. The molecule has 0 amide bonds. The summed E-state index contributed by atoms with van der Waals surface area (Å²) in [5, 5.41) is 0. The highest BCUT2D eigenvalue weighted by atomic mass is 16.6. The predicted octanol–water partition coefficient (Wildman–Crippen LogP) is 6.60. The van der Waals surface area contributed by atoms with Gasteiger partial charge in [0.1, 0.15) is 12.2 Å². The third kappa shape index (κ3) is 13.2. The molecule has 1 fully saturated rings. The molecular weight excluding hydrogens is 352 g/mol. The highest BCUT2D eigenvalue weighted by molar-refractivity contribution is 5.70. The maximum absolute atomic E-state index is 12.1. The van der Waals surface area contributed by atoms with Crippen LogP contribution in [-0.4, -0.2) is 24.1 Å². The van der Waals surface area contributed by atoms with Crippen LogP contribution in [0.15, 0.2) is 0 Å². The fourth-order valence-electron chi connectivity index (χ4n) is 3.80. The lowest BCUT2D eigenvalue weighted by Gasteiger charge is -2.28. The summed E-state index contributed by atoms with van der Waals surface area (Å²) in [6.45, 7) is 8.92. The van der Waals surface area contributed by atoms with Gasteiger partial charge in [-0.15, -0.1) is 0 Å². The fraction of sp³-hybridized carbons (Fsp3) is 0.917. The average Bonchev–Trinajstić information content (AvgIpc) is 2.60. The molecule has 0 spiro atoms. The van der Waals surface area contributed by atoms with Gasteiger partial charge in [0, 0.05) is 19.3 Å². The Hall–Kier alpha value is -1.06. The second-order valence-corrected chi connectivity index (χ2v) is 9.38. The zero-order chi connectivity index (χ0) is 20.8. The first kappa shape index (κ1) is 25.0. The van der Waals surface area contributed by atoms with E-state index in [1.165, 1.54) is 25.7 Å². The van der Waals surface area contributed by atoms with Gasteiger partial charge in [0.2, 0.25) is 0 Å². The Balaban J connectivity index is 2.14. The second kappa shape index (κ2) is 14.9. The van der Waals surface area contributed by atoms with Crippen LogP contribution >= 0.6 is 0 Å². The molecule has 0 aromatic carbocycles. The number of esters is 2. The molecule has 0 radical (unpaired) electrons. The Morgan fingerprint density at radius 1 is 0.714 bits per heavy atom. The van der Waals surface area contributed by atoms with E-state index in [9.17, 15) is 9.59 Å². The standard InChI is InChI=1S/C24H44O4/c1-19(2)12-7-5-9-16-23(25)27-21-14-11-15-22(18-21)28-24(26)17-10-6-8-13-20(3)4/h19-22H,5-18H2,1-4H3. The lowest BCUT2D eigenvalue weighted by atomic mass is 9.94. The summed E-state index contributed by atoms with van der Waals surface area (Å²) < 4.78 is 11.3. The quantitative estimate of drug-likeness (QED) is 0.245. The zero-order valence-electron chi connectivity index (χ0n) is 18.8. The van der Waals surface area contributed by atoms with Crippen molar-refractivity contribution in [3.63, 3.8) is 0 Å². The van der Waals surface area contributed by atoms with Crippen LogP contribution in [0.4, 0.5) is 0 Å². The topological polar surface area (TPSA) is 52.6 Å². The molecule has 0 bridgehead atoms. The van der Waals surface area contributed by atoms with Gasteiger partial charge in [-0.25, -0.2) is 0 Å². The summed E-state index contributed by atoms with van der Waals surface area (Å²) in [4.78, 5) is 24.1. The van der Waals surface area contributed by atoms with Gasteiger partial charge in [0.25, 0.3) is 0 Å². The lowest BCUT2D eigenvalue weighted by Crippen LogP contribution is -2.31. The van der Waals surface area contributed by atoms with Gasteiger partial charge in [-0.2, -0.15) is 0 Å². The number of carbonyl (C=O) groups excluding carboxylic acids is 2. The molecule has 0 aromatic heterocycles. The van der Waals surface area contributed by atoms with Crippen LogP contribution in [0.25, 0.3) is 0 Å². The Morgan fingerprint density at radius 2 is 1.14 bits per heavy atom. The minimum absolute atomic E-state index is 0.0826. The molecule has 1 saturated carbocycles. The first-order chi connectivity index (χ1) is 13.4. The van der Waals surface area contributed by atoms with Crippen LogP contribution in [0.3, 0.4) is 0 Å². The number of hydrogen-bond donors (Lipinski definition) is 0. The SMILES string of the molecule is CC(C)CCCCCC(=O)OC1CCCC(OC(=O)CCCCCC(C)C)C1. The normalized spacial score (nSPS) is 19.8. The van der Waals surface area contributed by atoms with Gasteiger partial charge in [-0.05, 0) is 43.9 Å². The Bertz CT molecular complexity index is 392. The van der Waals surface area contributed by atoms with E-state index in [2.05, 4.69) is 27.7 Å². The predicted molar refractivity (Wildman–Crippen MR) is 114 cm³/mol. The highest BCUT2D eigenvalue weighted by Gasteiger charge is 2.27. The summed E-state index contributed by atoms with van der Waals surface area (Å²) in [5.74, 6) is 1.28. The molecule has 2 unspecified atom stereocenters. The third-order valence-corrected chi connectivity index (χ3v) is 5.50. The lowest BCUT2D eigenvalue weighted by molar-refractivity contribution is -0.158. The molecule has 164 valence electrons. The van der Waals surface area contributed by atoms with Crippen molar-refractivity contribution in [2.75, 3.05) is 0 Å². The van der Waals surface area contributed by atoms with Crippen LogP contribution in [-0.2, 0) is 19.1 Å². The van der Waals surface area contributed by atoms with Crippen LogP contribution in [0, 0.1) is 11.8 Å². The van der Waals surface area contributed by atoms with Gasteiger partial charge in [0.15, 0.2) is 0 Å². The van der Waals surface area contributed by atoms with Gasteiger partial charge in [-0.3, -0.25) is 9.59 Å². The van der Waals surface area contributed by atoms with Gasteiger partial charge < -0.3 is 9.47 Å².